The van der Waals surface area contributed by atoms with Crippen LogP contribution >= 0.6 is 12.4 Å². The molecule has 1 aromatic rings. The van der Waals surface area contributed by atoms with Crippen molar-refractivity contribution in [3.05, 3.63) is 35.4 Å². The minimum absolute atomic E-state index is 0. The molecule has 1 heterocycles. The minimum atomic E-state index is -3.13. The highest BCUT2D eigenvalue weighted by atomic mass is 35.5. The molecule has 1 fully saturated rings. The van der Waals surface area contributed by atoms with Crippen LogP contribution in [0.1, 0.15) is 46.6 Å². The van der Waals surface area contributed by atoms with Crippen molar-refractivity contribution in [2.45, 2.75) is 32.6 Å². The SMILES string of the molecule is Cl.[2H]C1([2H])N(C(C)C(=O)c2ccc(C)cc2)C([2H])([2H])C([2H])([2H])C1([2H])[2H]. The number of carbonyl (C=O) groups is 1. The lowest BCUT2D eigenvalue weighted by molar-refractivity contribution is 0.0867. The number of benzene rings is 1. The summed E-state index contributed by atoms with van der Waals surface area (Å²) in [7, 11) is 0. The number of hydrogen-bond acceptors (Lipinski definition) is 2. The number of halogens is 1. The predicted octanol–water partition coefficient (Wildman–Crippen LogP) is 3.08. The van der Waals surface area contributed by atoms with Gasteiger partial charge < -0.3 is 0 Å². The van der Waals surface area contributed by atoms with E-state index in [1.165, 1.54) is 19.1 Å². The summed E-state index contributed by atoms with van der Waals surface area (Å²) in [6, 6.07) is 5.04. The summed E-state index contributed by atoms with van der Waals surface area (Å²) in [5.41, 5.74) is 1.14. The van der Waals surface area contributed by atoms with Crippen LogP contribution in [0.4, 0.5) is 0 Å². The van der Waals surface area contributed by atoms with Crippen molar-refractivity contribution in [3.8, 4) is 0 Å². The molecule has 0 aromatic heterocycles. The highest BCUT2D eigenvalue weighted by Gasteiger charge is 2.24. The summed E-state index contributed by atoms with van der Waals surface area (Å²) in [6.45, 7) is -2.91. The molecule has 0 N–H and O–H groups in total. The Kier molecular flexibility index (Phi) is 2.31. The second-order valence-corrected chi connectivity index (χ2v) is 3.75. The second kappa shape index (κ2) is 6.18. The third-order valence-corrected chi connectivity index (χ3v) is 2.52. The first kappa shape index (κ1) is 6.35. The van der Waals surface area contributed by atoms with Crippen LogP contribution in [0.2, 0.25) is 0 Å². The molecule has 17 heavy (non-hydrogen) atoms. The fraction of sp³-hybridized carbons (Fsp3) is 0.500. The summed E-state index contributed by atoms with van der Waals surface area (Å²) in [4.78, 5) is 13.0. The molecule has 0 bridgehead atoms. The molecule has 1 saturated heterocycles. The van der Waals surface area contributed by atoms with Gasteiger partial charge in [-0.2, -0.15) is 0 Å². The van der Waals surface area contributed by atoms with Crippen molar-refractivity contribution < 1.29 is 15.8 Å². The van der Waals surface area contributed by atoms with Crippen molar-refractivity contribution in [1.29, 1.82) is 0 Å². The maximum atomic E-state index is 12.6. The molecule has 94 valence electrons. The molecule has 2 nitrogen and oxygen atoms in total. The molecule has 0 saturated carbocycles. The van der Waals surface area contributed by atoms with E-state index in [0.717, 1.165) is 5.56 Å². The van der Waals surface area contributed by atoms with Gasteiger partial charge in [0.2, 0.25) is 0 Å². The number of aryl methyl sites for hydroxylation is 1. The Labute approximate surface area is 121 Å². The third kappa shape index (κ3) is 3.30. The van der Waals surface area contributed by atoms with E-state index in [-0.39, 0.29) is 18.0 Å². The number of rotatable bonds is 3. The zero-order valence-electron chi connectivity index (χ0n) is 17.7. The van der Waals surface area contributed by atoms with Gasteiger partial charge in [-0.1, -0.05) is 29.8 Å². The molecule has 2 rings (SSSR count). The van der Waals surface area contributed by atoms with E-state index in [4.69, 9.17) is 11.0 Å². The van der Waals surface area contributed by atoms with Gasteiger partial charge in [-0.25, -0.2) is 0 Å². The van der Waals surface area contributed by atoms with Gasteiger partial charge in [0.25, 0.3) is 0 Å². The maximum Gasteiger partial charge on any atom is 0.179 e. The zero-order valence-corrected chi connectivity index (χ0v) is 10.5. The molecule has 1 aliphatic rings. The highest BCUT2D eigenvalue weighted by molar-refractivity contribution is 5.99. The van der Waals surface area contributed by atoms with Gasteiger partial charge in [0.05, 0.1) is 6.04 Å². The monoisotopic (exact) mass is 261 g/mol. The maximum absolute atomic E-state index is 12.6. The number of nitrogens with zero attached hydrogens (tertiary/aromatic N) is 1. The van der Waals surface area contributed by atoms with Gasteiger partial charge in [0.1, 0.15) is 0 Å². The largest absolute Gasteiger partial charge is 0.294 e. The van der Waals surface area contributed by atoms with E-state index in [0.29, 0.717) is 4.90 Å². The Bertz CT molecular complexity index is 635. The van der Waals surface area contributed by atoms with E-state index in [9.17, 15) is 4.79 Å². The van der Waals surface area contributed by atoms with Crippen LogP contribution in [0.3, 0.4) is 0 Å². The van der Waals surface area contributed by atoms with Crippen molar-refractivity contribution >= 4 is 18.2 Å². The average molecular weight is 262 g/mol. The molecular formula is C14H20ClNO. The zero-order chi connectivity index (χ0) is 18.7. The van der Waals surface area contributed by atoms with Gasteiger partial charge in [0.15, 0.2) is 5.78 Å². The standard InChI is InChI=1S/C14H19NO.ClH/c1-11-5-7-13(8-6-11)14(16)12(2)15-9-3-4-10-15;/h5-8,12H,3-4,9-10H2,1-2H3;1H/i3D2,4D2,9D2,10D2;. The number of Topliss-reactive ketones (excluding diaryl/α,β-unsaturated/α-hetero) is 1. The first-order chi connectivity index (χ1) is 10.7. The van der Waals surface area contributed by atoms with Gasteiger partial charge in [-0.3, -0.25) is 9.69 Å². The molecule has 0 aliphatic carbocycles. The van der Waals surface area contributed by atoms with Crippen LogP contribution in [-0.4, -0.2) is 29.7 Å². The average Bonchev–Trinajstić information content (AvgIpc) is 2.52. The fourth-order valence-electron chi connectivity index (χ4n) is 1.47. The number of hydrogen-bond donors (Lipinski definition) is 0. The highest BCUT2D eigenvalue weighted by Crippen LogP contribution is 2.15. The smallest absolute Gasteiger partial charge is 0.179 e. The summed E-state index contributed by atoms with van der Waals surface area (Å²) in [5, 5.41) is 0. The molecule has 0 amide bonds. The Morgan fingerprint density at radius 1 is 1.29 bits per heavy atom. The van der Waals surface area contributed by atoms with Gasteiger partial charge in [0, 0.05) is 16.5 Å². The van der Waals surface area contributed by atoms with E-state index < -0.39 is 37.6 Å². The molecule has 1 atom stereocenters. The van der Waals surface area contributed by atoms with Gasteiger partial charge in [-0.05, 0) is 39.6 Å². The number of likely N-dealkylation sites (tertiary alicyclic amines) is 1. The van der Waals surface area contributed by atoms with Gasteiger partial charge in [-0.15, -0.1) is 12.4 Å². The van der Waals surface area contributed by atoms with Crippen LogP contribution in [0.5, 0.6) is 0 Å². The van der Waals surface area contributed by atoms with Crippen LogP contribution < -0.4 is 0 Å². The quantitative estimate of drug-likeness (QED) is 0.780. The first-order valence-electron chi connectivity index (χ1n) is 9.10. The van der Waals surface area contributed by atoms with Crippen LogP contribution in [-0.2, 0) is 0 Å². The van der Waals surface area contributed by atoms with Crippen LogP contribution in [0, 0.1) is 6.92 Å². The Morgan fingerprint density at radius 2 is 1.82 bits per heavy atom. The molecular weight excluding hydrogens is 234 g/mol. The third-order valence-electron chi connectivity index (χ3n) is 2.52. The lowest BCUT2D eigenvalue weighted by Gasteiger charge is -2.22. The normalized spacial score (nSPS) is 36.4. The molecule has 1 aromatic carbocycles. The van der Waals surface area contributed by atoms with Crippen LogP contribution in [0.15, 0.2) is 24.3 Å². The number of carbonyl (C=O) groups excluding carboxylic acids is 1. The summed E-state index contributed by atoms with van der Waals surface area (Å²) in [6.07, 6.45) is -6.27. The Balaban J connectivity index is 0.00000312. The van der Waals surface area contributed by atoms with Crippen molar-refractivity contribution in [2.24, 2.45) is 0 Å². The summed E-state index contributed by atoms with van der Waals surface area (Å²) < 4.78 is 62.9. The Hall–Kier alpha value is -0.860. The fourth-order valence-corrected chi connectivity index (χ4v) is 1.47. The molecule has 0 spiro atoms. The topological polar surface area (TPSA) is 20.3 Å². The number of ketones is 1. The first-order valence-corrected chi connectivity index (χ1v) is 5.10. The van der Waals surface area contributed by atoms with E-state index in [1.807, 2.05) is 6.92 Å². The lowest BCUT2D eigenvalue weighted by Crippen LogP contribution is -2.36. The predicted molar refractivity (Wildman–Crippen MR) is 73.0 cm³/mol. The van der Waals surface area contributed by atoms with Crippen molar-refractivity contribution in [2.75, 3.05) is 13.0 Å². The van der Waals surface area contributed by atoms with Crippen LogP contribution in [0.25, 0.3) is 0 Å². The molecule has 0 radical (unpaired) electrons. The van der Waals surface area contributed by atoms with Gasteiger partial charge >= 0.3 is 0 Å². The second-order valence-electron chi connectivity index (χ2n) is 3.75. The van der Waals surface area contributed by atoms with E-state index in [1.54, 1.807) is 12.1 Å². The summed E-state index contributed by atoms with van der Waals surface area (Å²) >= 11 is 0. The summed E-state index contributed by atoms with van der Waals surface area (Å²) in [5.74, 6) is -0.601. The van der Waals surface area contributed by atoms with Crippen molar-refractivity contribution in [1.82, 2.24) is 4.90 Å². The molecule has 3 heteroatoms. The van der Waals surface area contributed by atoms with E-state index in [2.05, 4.69) is 0 Å². The van der Waals surface area contributed by atoms with E-state index >= 15 is 0 Å². The minimum Gasteiger partial charge on any atom is -0.294 e. The molecule has 1 unspecified atom stereocenters. The van der Waals surface area contributed by atoms with Crippen molar-refractivity contribution in [3.63, 3.8) is 0 Å². The molecule has 1 aliphatic heterocycles. The lowest BCUT2D eigenvalue weighted by atomic mass is 10.0. The Morgan fingerprint density at radius 3 is 2.35 bits per heavy atom.